The van der Waals surface area contributed by atoms with Crippen molar-refractivity contribution in [1.29, 1.82) is 0 Å². The quantitative estimate of drug-likeness (QED) is 0.0303. The zero-order chi connectivity index (χ0) is 57.5. The van der Waals surface area contributed by atoms with Crippen LogP contribution in [0.1, 0.15) is 41.6 Å². The zero-order valence-electron chi connectivity index (χ0n) is 40.9. The fourth-order valence-electron chi connectivity index (χ4n) is 7.71. The molecule has 1 amide bonds. The number of carbonyl (C=O) groups excluding carboxylic acids is 2. The van der Waals surface area contributed by atoms with Crippen LogP contribution in [0.2, 0.25) is 0 Å². The van der Waals surface area contributed by atoms with Gasteiger partial charge in [-0.15, -0.1) is 0 Å². The summed E-state index contributed by atoms with van der Waals surface area (Å²) in [6.45, 7) is 1.63. The van der Waals surface area contributed by atoms with Gasteiger partial charge in [0.25, 0.3) is 27.3 Å². The number of nitro benzene ring substituents is 2. The molecule has 2 heterocycles. The number of non-ortho nitro benzene ring substituents is 2. The standard InChI is InChI=1S/C47H45F3N6O18S4/c1-28-20-34(21-29(2)44(28)78(70,71)54-40-13-5-4-12-37(40)53-46(54)75(65)25-39-30(3)41(16-18-51-39)73-27-47(48,49)50)72-24-42(57)52-38(14-15-43(58)59)45(60)74-33(26-77(68,69)36-11-7-9-32(23-36)56(63)64)17-19-76(66,67)35-10-6-8-31(22-35)55(61)62/h4-13,16,18,20-23,33,38H,14-15,17,19,24-27H2,1-3H3,(H,52,57)(H,58,59). The number of ether oxygens (including phenoxy) is 3. The molecule has 2 N–H and O–H groups in total. The number of aryl methyl sites for hydroxylation is 2. The van der Waals surface area contributed by atoms with Crippen molar-refractivity contribution in [2.45, 2.75) is 84.0 Å². The van der Waals surface area contributed by atoms with Crippen molar-refractivity contribution in [2.24, 2.45) is 0 Å². The van der Waals surface area contributed by atoms with Crippen LogP contribution in [0.5, 0.6) is 11.5 Å². The molecule has 0 aliphatic carbocycles. The van der Waals surface area contributed by atoms with Crippen LogP contribution >= 0.6 is 0 Å². The highest BCUT2D eigenvalue weighted by Crippen LogP contribution is 2.34. The number of carbonyl (C=O) groups is 3. The zero-order valence-corrected chi connectivity index (χ0v) is 44.2. The Morgan fingerprint density at radius 2 is 1.42 bits per heavy atom. The monoisotopic (exact) mass is 1170 g/mol. The van der Waals surface area contributed by atoms with Crippen molar-refractivity contribution in [1.82, 2.24) is 19.3 Å². The number of hydrogen-bond acceptors (Lipinski definition) is 19. The van der Waals surface area contributed by atoms with Crippen LogP contribution in [0.15, 0.2) is 117 Å². The van der Waals surface area contributed by atoms with Gasteiger partial charge in [0.15, 0.2) is 38.6 Å². The summed E-state index contributed by atoms with van der Waals surface area (Å²) in [4.78, 5) is 66.9. The number of esters is 1. The molecule has 0 saturated carbocycles. The SMILES string of the molecule is Cc1cc(OCC(=O)NC(CCC(=O)O)C(=O)OC(CCS(=O)(=O)c2cccc([N+](=O)[O-])c2)CS(=O)(=O)c2cccc([N+](=O)[O-])c2)cc(C)c1S(=O)(=O)n1c([S+]([O-])Cc2nccc(OCC(F)(F)F)c2C)nc2ccccc21. The molecule has 0 saturated heterocycles. The average molecular weight is 1170 g/mol. The number of aromatic nitrogens is 3. The highest BCUT2D eigenvalue weighted by Gasteiger charge is 2.36. The number of para-hydroxylation sites is 2. The first-order chi connectivity index (χ1) is 36.5. The first kappa shape index (κ1) is 59.5. The maximum Gasteiger partial charge on any atom is 0.422 e. The minimum absolute atomic E-state index is 0.0144. The lowest BCUT2D eigenvalue weighted by Crippen LogP contribution is -2.45. The second kappa shape index (κ2) is 24.3. The van der Waals surface area contributed by atoms with Crippen LogP contribution < -0.4 is 14.8 Å². The third kappa shape index (κ3) is 14.8. The van der Waals surface area contributed by atoms with Crippen LogP contribution in [-0.2, 0) is 65.7 Å². The Kier molecular flexibility index (Phi) is 18.5. The Morgan fingerprint density at radius 3 is 2.01 bits per heavy atom. The molecular weight excluding hydrogens is 1120 g/mol. The smallest absolute Gasteiger partial charge is 0.422 e. The van der Waals surface area contributed by atoms with Gasteiger partial charge in [0.1, 0.15) is 23.6 Å². The summed E-state index contributed by atoms with van der Waals surface area (Å²) in [5.41, 5.74) is -0.864. The summed E-state index contributed by atoms with van der Waals surface area (Å²) < 4.78 is 153. The number of sulfone groups is 2. The van der Waals surface area contributed by atoms with E-state index in [1.165, 1.54) is 57.2 Å². The van der Waals surface area contributed by atoms with Crippen molar-refractivity contribution in [3.63, 3.8) is 0 Å². The Hall–Kier alpha value is -7.74. The minimum atomic E-state index is -4.72. The summed E-state index contributed by atoms with van der Waals surface area (Å²) in [6, 6.07) is 15.4. The van der Waals surface area contributed by atoms with Crippen molar-refractivity contribution in [3.05, 3.63) is 140 Å². The normalized spacial score (nSPS) is 13.3. The number of amides is 1. The number of imidazole rings is 1. The highest BCUT2D eigenvalue weighted by atomic mass is 32.2. The third-order valence-electron chi connectivity index (χ3n) is 11.4. The molecule has 0 fully saturated rings. The number of alkyl halides is 3. The number of carboxylic acid groups (broad SMARTS) is 1. The summed E-state index contributed by atoms with van der Waals surface area (Å²) in [7, 11) is -13.8. The molecule has 2 aromatic heterocycles. The number of benzene rings is 4. The lowest BCUT2D eigenvalue weighted by molar-refractivity contribution is -0.385. The van der Waals surface area contributed by atoms with Crippen molar-refractivity contribution in [3.8, 4) is 11.5 Å². The molecule has 6 aromatic rings. The van der Waals surface area contributed by atoms with Gasteiger partial charge in [-0.3, -0.25) is 34.8 Å². The average Bonchev–Trinajstić information content (AvgIpc) is 3.82. The number of hydrogen-bond donors (Lipinski definition) is 2. The maximum atomic E-state index is 14.7. The molecule has 6 rings (SSSR count). The number of carboxylic acids is 1. The van der Waals surface area contributed by atoms with Crippen molar-refractivity contribution in [2.75, 3.05) is 24.7 Å². The van der Waals surface area contributed by atoms with E-state index >= 15 is 0 Å². The highest BCUT2D eigenvalue weighted by molar-refractivity contribution is 7.93. The molecular formula is C47H45F3N6O18S4. The molecule has 31 heteroatoms. The molecule has 78 heavy (non-hydrogen) atoms. The first-order valence-corrected chi connectivity index (χ1v) is 28.7. The molecule has 4 aromatic carbocycles. The van der Waals surface area contributed by atoms with E-state index in [4.69, 9.17) is 14.2 Å². The van der Waals surface area contributed by atoms with Crippen LogP contribution in [0.3, 0.4) is 0 Å². The van der Waals surface area contributed by atoms with Gasteiger partial charge >= 0.3 is 23.3 Å². The van der Waals surface area contributed by atoms with Crippen LogP contribution in [0.25, 0.3) is 11.0 Å². The van der Waals surface area contributed by atoms with E-state index in [2.05, 4.69) is 15.3 Å². The van der Waals surface area contributed by atoms with E-state index in [1.54, 1.807) is 6.07 Å². The van der Waals surface area contributed by atoms with E-state index in [-0.39, 0.29) is 49.8 Å². The summed E-state index contributed by atoms with van der Waals surface area (Å²) in [5, 5.41) is 34.0. The molecule has 0 bridgehead atoms. The largest absolute Gasteiger partial charge is 0.609 e. The van der Waals surface area contributed by atoms with E-state index in [0.717, 1.165) is 52.6 Å². The number of aliphatic carboxylic acids is 1. The van der Waals surface area contributed by atoms with Crippen LogP contribution in [-0.4, -0.2) is 120 Å². The first-order valence-electron chi connectivity index (χ1n) is 22.6. The van der Waals surface area contributed by atoms with E-state index < -0.39 is 163 Å². The maximum absolute atomic E-state index is 14.7. The van der Waals surface area contributed by atoms with Gasteiger partial charge in [-0.1, -0.05) is 24.3 Å². The molecule has 3 unspecified atom stereocenters. The number of nitro groups is 2. The van der Waals surface area contributed by atoms with E-state index in [9.17, 15) is 82.7 Å². The van der Waals surface area contributed by atoms with Gasteiger partial charge in [0.05, 0.1) is 52.8 Å². The van der Waals surface area contributed by atoms with Gasteiger partial charge in [0, 0.05) is 53.6 Å². The molecule has 0 aliphatic rings. The molecule has 3 atom stereocenters. The van der Waals surface area contributed by atoms with Gasteiger partial charge in [0.2, 0.25) is 0 Å². The fraction of sp³-hybridized carbons (Fsp3) is 0.298. The lowest BCUT2D eigenvalue weighted by atomic mass is 10.1. The van der Waals surface area contributed by atoms with Crippen LogP contribution in [0.4, 0.5) is 24.5 Å². The van der Waals surface area contributed by atoms with Crippen LogP contribution in [0, 0.1) is 41.0 Å². The second-order valence-electron chi connectivity index (χ2n) is 17.1. The number of pyridine rings is 1. The number of nitrogens with one attached hydrogen (secondary N) is 1. The van der Waals surface area contributed by atoms with E-state index in [0.29, 0.717) is 6.07 Å². The Balaban J connectivity index is 1.22. The van der Waals surface area contributed by atoms with Gasteiger partial charge in [-0.25, -0.2) is 30.0 Å². The summed E-state index contributed by atoms with van der Waals surface area (Å²) in [5.74, 6) is -6.94. The molecule has 0 spiro atoms. The Bertz CT molecular complexity index is 3630. The number of fused-ring (bicyclic) bond motifs is 1. The fourth-order valence-corrected chi connectivity index (χ4v) is 14.1. The molecule has 24 nitrogen and oxygen atoms in total. The number of halogens is 3. The van der Waals surface area contributed by atoms with Crippen molar-refractivity contribution < 1.29 is 86.5 Å². The molecule has 0 aliphatic heterocycles. The molecule has 0 radical (unpaired) electrons. The predicted octanol–water partition coefficient (Wildman–Crippen LogP) is 5.64. The van der Waals surface area contributed by atoms with Gasteiger partial charge < -0.3 is 29.2 Å². The van der Waals surface area contributed by atoms with Gasteiger partial charge in [-0.05, 0) is 87.2 Å². The third-order valence-corrected chi connectivity index (χ3v) is 18.2. The lowest BCUT2D eigenvalue weighted by Gasteiger charge is -2.23. The Labute approximate surface area is 444 Å². The summed E-state index contributed by atoms with van der Waals surface area (Å²) in [6.07, 6.45) is -7.66. The number of nitrogens with zero attached hydrogens (tertiary/aromatic N) is 5. The summed E-state index contributed by atoms with van der Waals surface area (Å²) >= 11 is -2.30. The molecule has 416 valence electrons. The number of rotatable bonds is 25. The minimum Gasteiger partial charge on any atom is -0.609 e. The van der Waals surface area contributed by atoms with E-state index in [1.807, 2.05) is 0 Å². The van der Waals surface area contributed by atoms with Crippen molar-refractivity contribution >= 4 is 81.1 Å². The topological polar surface area (TPSA) is 354 Å². The predicted molar refractivity (Wildman–Crippen MR) is 268 cm³/mol. The Morgan fingerprint density at radius 1 is 0.821 bits per heavy atom. The second-order valence-corrected chi connectivity index (χ2v) is 24.3. The van der Waals surface area contributed by atoms with Gasteiger partial charge in [-0.2, -0.15) is 22.1 Å².